The molecule has 0 aliphatic heterocycles. The Balaban J connectivity index is 2.10. The van der Waals surface area contributed by atoms with E-state index in [4.69, 9.17) is 9.47 Å². The predicted octanol–water partition coefficient (Wildman–Crippen LogP) is 4.08. The molecule has 2 rings (SSSR count). The fraction of sp³-hybridized carbons (Fsp3) is 0.481. The largest absolute Gasteiger partial charge is 0.480 e. The highest BCUT2D eigenvalue weighted by atomic mass is 16.6. The minimum atomic E-state index is -1.24. The van der Waals surface area contributed by atoms with E-state index in [0.717, 1.165) is 11.1 Å². The Morgan fingerprint density at radius 3 is 1.91 bits per heavy atom. The lowest BCUT2D eigenvalue weighted by Gasteiger charge is -2.30. The molecule has 3 N–H and O–H groups in total. The number of hydrogen-bond donors (Lipinski definition) is 3. The van der Waals surface area contributed by atoms with Crippen molar-refractivity contribution in [1.29, 1.82) is 0 Å². The van der Waals surface area contributed by atoms with E-state index in [1.165, 1.54) is 0 Å². The maximum absolute atomic E-state index is 12.0. The first-order chi connectivity index (χ1) is 16.0. The van der Waals surface area contributed by atoms with Gasteiger partial charge in [-0.3, -0.25) is 0 Å². The smallest absolute Gasteiger partial charge is 0.408 e. The monoisotopic (exact) mass is 471 g/mol. The van der Waals surface area contributed by atoms with Gasteiger partial charge in [-0.2, -0.15) is 0 Å². The molecule has 7 nitrogen and oxygen atoms in total. The number of ether oxygens (including phenoxy) is 2. The van der Waals surface area contributed by atoms with Crippen LogP contribution in [0.1, 0.15) is 38.8 Å². The van der Waals surface area contributed by atoms with Crippen molar-refractivity contribution in [2.45, 2.75) is 58.3 Å². The van der Waals surface area contributed by atoms with E-state index in [1.807, 2.05) is 60.7 Å². The van der Waals surface area contributed by atoms with Gasteiger partial charge in [0, 0.05) is 0 Å². The minimum absolute atomic E-state index is 0.0708. The lowest BCUT2D eigenvalue weighted by molar-refractivity contribution is -0.141. The van der Waals surface area contributed by atoms with E-state index in [0.29, 0.717) is 12.8 Å². The van der Waals surface area contributed by atoms with Gasteiger partial charge in [-0.1, -0.05) is 60.7 Å². The first kappa shape index (κ1) is 27.3. The summed E-state index contributed by atoms with van der Waals surface area (Å²) in [7, 11) is 0. The zero-order valence-corrected chi connectivity index (χ0v) is 20.4. The highest BCUT2D eigenvalue weighted by molar-refractivity contribution is 5.80. The Labute approximate surface area is 202 Å². The highest BCUT2D eigenvalue weighted by Gasteiger charge is 2.29. The molecule has 0 spiro atoms. The van der Waals surface area contributed by atoms with Gasteiger partial charge in [-0.25, -0.2) is 9.59 Å². The van der Waals surface area contributed by atoms with Crippen LogP contribution in [0.4, 0.5) is 4.79 Å². The van der Waals surface area contributed by atoms with Crippen LogP contribution in [0.2, 0.25) is 0 Å². The van der Waals surface area contributed by atoms with Gasteiger partial charge < -0.3 is 25.0 Å². The number of aliphatic carboxylic acids is 1. The number of nitrogens with one attached hydrogen (secondary N) is 1. The van der Waals surface area contributed by atoms with Crippen LogP contribution in [-0.4, -0.2) is 53.2 Å². The molecule has 34 heavy (non-hydrogen) atoms. The molecule has 0 aliphatic rings. The average molecular weight is 472 g/mol. The van der Waals surface area contributed by atoms with Gasteiger partial charge in [0.2, 0.25) is 0 Å². The van der Waals surface area contributed by atoms with E-state index in [-0.39, 0.29) is 25.0 Å². The summed E-state index contributed by atoms with van der Waals surface area (Å²) in [6.45, 7) is 6.91. The Hall–Kier alpha value is -2.90. The highest BCUT2D eigenvalue weighted by Crippen LogP contribution is 2.26. The summed E-state index contributed by atoms with van der Waals surface area (Å²) in [5, 5.41) is 22.5. The van der Waals surface area contributed by atoms with Gasteiger partial charge in [-0.05, 0) is 63.5 Å². The van der Waals surface area contributed by atoms with E-state index in [9.17, 15) is 19.8 Å². The van der Waals surface area contributed by atoms with E-state index in [1.54, 1.807) is 27.7 Å². The van der Waals surface area contributed by atoms with Crippen LogP contribution in [0.3, 0.4) is 0 Å². The number of carbonyl (C=O) groups excluding carboxylic acids is 1. The van der Waals surface area contributed by atoms with E-state index >= 15 is 0 Å². The molecule has 1 amide bonds. The Morgan fingerprint density at radius 2 is 1.44 bits per heavy atom. The lowest BCUT2D eigenvalue weighted by atomic mass is 9.80. The van der Waals surface area contributed by atoms with Crippen molar-refractivity contribution < 1.29 is 29.3 Å². The molecular formula is C27H37NO6. The van der Waals surface area contributed by atoms with Crippen molar-refractivity contribution in [3.05, 3.63) is 71.8 Å². The van der Waals surface area contributed by atoms with Gasteiger partial charge in [0.25, 0.3) is 0 Å². The number of hydrogen-bond acceptors (Lipinski definition) is 5. The molecule has 0 saturated carbocycles. The zero-order chi connectivity index (χ0) is 25.1. The molecule has 0 fully saturated rings. The zero-order valence-electron chi connectivity index (χ0n) is 20.4. The summed E-state index contributed by atoms with van der Waals surface area (Å²) in [6.07, 6.45) is -0.0683. The SMILES string of the molecule is C[C@H](O)[C@H](Cc1ccccc1)[C@H](COCC(NC(=O)OC(C)(C)C)C(=O)O)Cc1ccccc1. The van der Waals surface area contributed by atoms with Crippen LogP contribution in [0.25, 0.3) is 0 Å². The van der Waals surface area contributed by atoms with Crippen molar-refractivity contribution in [3.63, 3.8) is 0 Å². The predicted molar refractivity (Wildman–Crippen MR) is 131 cm³/mol. The van der Waals surface area contributed by atoms with Crippen molar-refractivity contribution >= 4 is 12.1 Å². The Kier molecular flexibility index (Phi) is 10.5. The van der Waals surface area contributed by atoms with Crippen molar-refractivity contribution in [2.75, 3.05) is 13.2 Å². The minimum Gasteiger partial charge on any atom is -0.480 e. The molecule has 0 aliphatic carbocycles. The molecule has 0 bridgehead atoms. The molecule has 0 radical (unpaired) electrons. The Bertz CT molecular complexity index is 879. The van der Waals surface area contributed by atoms with Crippen LogP contribution in [0, 0.1) is 11.8 Å². The van der Waals surface area contributed by atoms with Crippen LogP contribution in [-0.2, 0) is 27.1 Å². The summed E-state index contributed by atoms with van der Waals surface area (Å²) in [4.78, 5) is 23.7. The number of alkyl carbamates (subject to hydrolysis) is 1. The first-order valence-corrected chi connectivity index (χ1v) is 11.6. The average Bonchev–Trinajstić information content (AvgIpc) is 2.76. The number of rotatable bonds is 12. The molecule has 4 atom stereocenters. The van der Waals surface area contributed by atoms with Gasteiger partial charge in [-0.15, -0.1) is 0 Å². The second-order valence-electron chi connectivity index (χ2n) is 9.62. The summed E-state index contributed by atoms with van der Waals surface area (Å²) in [6, 6.07) is 18.6. The molecule has 186 valence electrons. The number of carboxylic acids is 1. The molecule has 2 aromatic carbocycles. The molecule has 1 unspecified atom stereocenters. The maximum atomic E-state index is 12.0. The second kappa shape index (κ2) is 13.1. The molecule has 0 aromatic heterocycles. The van der Waals surface area contributed by atoms with Crippen LogP contribution in [0.5, 0.6) is 0 Å². The number of carbonyl (C=O) groups is 2. The third kappa shape index (κ3) is 9.93. The number of amides is 1. The molecule has 2 aromatic rings. The first-order valence-electron chi connectivity index (χ1n) is 11.6. The number of aliphatic hydroxyl groups excluding tert-OH is 1. The van der Waals surface area contributed by atoms with Crippen LogP contribution in [0.15, 0.2) is 60.7 Å². The number of aliphatic hydroxyl groups is 1. The third-order valence-electron chi connectivity index (χ3n) is 5.49. The summed E-state index contributed by atoms with van der Waals surface area (Å²) >= 11 is 0. The molecule has 0 heterocycles. The quantitative estimate of drug-likeness (QED) is 0.431. The summed E-state index contributed by atoms with van der Waals surface area (Å²) < 4.78 is 11.0. The lowest BCUT2D eigenvalue weighted by Crippen LogP contribution is -2.46. The van der Waals surface area contributed by atoms with Gasteiger partial charge in [0.05, 0.1) is 19.3 Å². The Morgan fingerprint density at radius 1 is 0.912 bits per heavy atom. The summed E-state index contributed by atoms with van der Waals surface area (Å²) in [5.41, 5.74) is 1.48. The third-order valence-corrected chi connectivity index (χ3v) is 5.49. The van der Waals surface area contributed by atoms with Gasteiger partial charge in [0.15, 0.2) is 6.04 Å². The van der Waals surface area contributed by atoms with Gasteiger partial charge >= 0.3 is 12.1 Å². The van der Waals surface area contributed by atoms with Crippen molar-refractivity contribution in [2.24, 2.45) is 11.8 Å². The summed E-state index contributed by atoms with van der Waals surface area (Å²) in [5.74, 6) is -1.38. The number of benzene rings is 2. The van der Waals surface area contributed by atoms with E-state index in [2.05, 4.69) is 5.32 Å². The molecular weight excluding hydrogens is 434 g/mol. The van der Waals surface area contributed by atoms with Crippen LogP contribution < -0.4 is 5.32 Å². The molecule has 7 heteroatoms. The maximum Gasteiger partial charge on any atom is 0.408 e. The number of carboxylic acid groups (broad SMARTS) is 1. The topological polar surface area (TPSA) is 105 Å². The van der Waals surface area contributed by atoms with Crippen LogP contribution >= 0.6 is 0 Å². The fourth-order valence-corrected chi connectivity index (χ4v) is 3.83. The van der Waals surface area contributed by atoms with Crippen molar-refractivity contribution in [3.8, 4) is 0 Å². The van der Waals surface area contributed by atoms with Gasteiger partial charge in [0.1, 0.15) is 5.60 Å². The second-order valence-corrected chi connectivity index (χ2v) is 9.62. The molecule has 0 saturated heterocycles. The normalized spacial score (nSPS) is 15.1. The van der Waals surface area contributed by atoms with Crippen molar-refractivity contribution in [1.82, 2.24) is 5.32 Å². The fourth-order valence-electron chi connectivity index (χ4n) is 3.83. The van der Waals surface area contributed by atoms with E-state index < -0.39 is 29.8 Å². The standard InChI is InChI=1S/C27H37NO6/c1-19(29)23(16-21-13-9-6-10-14-21)22(15-20-11-7-5-8-12-20)17-33-18-24(25(30)31)28-26(32)34-27(2,3)4/h5-14,19,22-24,29H,15-18H2,1-4H3,(H,28,32)(H,30,31)/t19-,22-,23-,24?/m0/s1.